The quantitative estimate of drug-likeness (QED) is 0.637. The number of amides is 1. The van der Waals surface area contributed by atoms with Crippen molar-refractivity contribution < 1.29 is 4.79 Å². The molecule has 8 heteroatoms. The van der Waals surface area contributed by atoms with Crippen LogP contribution in [0.15, 0.2) is 30.3 Å². The van der Waals surface area contributed by atoms with Crippen molar-refractivity contribution in [2.75, 3.05) is 33.2 Å². The van der Waals surface area contributed by atoms with Crippen molar-refractivity contribution in [2.45, 2.75) is 52.2 Å². The molecule has 0 saturated carbocycles. The van der Waals surface area contributed by atoms with Crippen molar-refractivity contribution in [1.29, 1.82) is 0 Å². The third-order valence-electron chi connectivity index (χ3n) is 6.03. The summed E-state index contributed by atoms with van der Waals surface area (Å²) in [5, 5.41) is 14.9. The molecule has 1 N–H and O–H groups in total. The largest absolute Gasteiger partial charge is 0.354 e. The minimum Gasteiger partial charge on any atom is -0.354 e. The van der Waals surface area contributed by atoms with E-state index in [1.54, 1.807) is 4.68 Å². The van der Waals surface area contributed by atoms with Crippen molar-refractivity contribution in [1.82, 2.24) is 35.3 Å². The van der Waals surface area contributed by atoms with Crippen molar-refractivity contribution in [2.24, 2.45) is 5.92 Å². The van der Waals surface area contributed by atoms with Crippen molar-refractivity contribution in [3.05, 3.63) is 41.7 Å². The second-order valence-electron chi connectivity index (χ2n) is 8.59. The maximum Gasteiger partial charge on any atom is 0.241 e. The molecule has 30 heavy (non-hydrogen) atoms. The zero-order chi connectivity index (χ0) is 21.3. The van der Waals surface area contributed by atoms with Gasteiger partial charge >= 0.3 is 0 Å². The van der Waals surface area contributed by atoms with Gasteiger partial charge in [0.2, 0.25) is 5.91 Å². The number of nitrogens with zero attached hydrogens (tertiary/aromatic N) is 6. The molecule has 164 valence electrons. The van der Waals surface area contributed by atoms with E-state index in [0.717, 1.165) is 45.4 Å². The molecule has 3 rings (SSSR count). The maximum absolute atomic E-state index is 12.4. The summed E-state index contributed by atoms with van der Waals surface area (Å²) < 4.78 is 1.60. The zero-order valence-corrected chi connectivity index (χ0v) is 18.5. The maximum atomic E-state index is 12.4. The molecule has 1 fully saturated rings. The van der Waals surface area contributed by atoms with Gasteiger partial charge in [-0.25, -0.2) is 4.68 Å². The molecular formula is C22H35N7O. The Balaban J connectivity index is 1.35. The van der Waals surface area contributed by atoms with Gasteiger partial charge in [0.1, 0.15) is 6.54 Å². The van der Waals surface area contributed by atoms with Gasteiger partial charge in [0.25, 0.3) is 0 Å². The monoisotopic (exact) mass is 413 g/mol. The van der Waals surface area contributed by atoms with Gasteiger partial charge < -0.3 is 10.2 Å². The van der Waals surface area contributed by atoms with Crippen molar-refractivity contribution >= 4 is 5.91 Å². The van der Waals surface area contributed by atoms with Gasteiger partial charge in [-0.3, -0.25) is 9.69 Å². The highest BCUT2D eigenvalue weighted by atomic mass is 16.2. The Bertz CT molecular complexity index is 769. The number of aromatic nitrogens is 4. The highest BCUT2D eigenvalue weighted by Gasteiger charge is 2.20. The fourth-order valence-electron chi connectivity index (χ4n) is 3.66. The van der Waals surface area contributed by atoms with Crippen LogP contribution in [0.3, 0.4) is 0 Å². The van der Waals surface area contributed by atoms with Crippen LogP contribution in [-0.4, -0.2) is 75.2 Å². The number of tetrazole rings is 1. The van der Waals surface area contributed by atoms with E-state index >= 15 is 0 Å². The van der Waals surface area contributed by atoms with Gasteiger partial charge in [-0.15, -0.1) is 5.10 Å². The summed E-state index contributed by atoms with van der Waals surface area (Å²) in [4.78, 5) is 17.1. The van der Waals surface area contributed by atoms with Gasteiger partial charge in [-0.05, 0) is 75.2 Å². The molecule has 1 aliphatic heterocycles. The van der Waals surface area contributed by atoms with E-state index in [0.29, 0.717) is 24.3 Å². The molecule has 0 spiro atoms. The molecule has 0 atom stereocenters. The average molecular weight is 414 g/mol. The van der Waals surface area contributed by atoms with Crippen LogP contribution in [0.2, 0.25) is 0 Å². The molecule has 2 heterocycles. The van der Waals surface area contributed by atoms with Crippen LogP contribution < -0.4 is 5.32 Å². The van der Waals surface area contributed by atoms with Crippen LogP contribution in [0.5, 0.6) is 0 Å². The zero-order valence-electron chi connectivity index (χ0n) is 18.5. The Morgan fingerprint density at radius 2 is 1.97 bits per heavy atom. The minimum atomic E-state index is -0.0257. The van der Waals surface area contributed by atoms with Crippen LogP contribution >= 0.6 is 0 Å². The van der Waals surface area contributed by atoms with Gasteiger partial charge in [0.15, 0.2) is 5.82 Å². The number of carbonyl (C=O) groups is 1. The van der Waals surface area contributed by atoms with Crippen LogP contribution in [0.4, 0.5) is 0 Å². The van der Waals surface area contributed by atoms with E-state index in [1.807, 2.05) is 7.05 Å². The number of piperidine rings is 1. The first-order chi connectivity index (χ1) is 14.5. The van der Waals surface area contributed by atoms with E-state index in [1.165, 1.54) is 5.56 Å². The molecule has 0 radical (unpaired) electrons. The molecule has 8 nitrogen and oxygen atoms in total. The van der Waals surface area contributed by atoms with E-state index < -0.39 is 0 Å². The van der Waals surface area contributed by atoms with Gasteiger partial charge in [-0.2, -0.15) is 0 Å². The first-order valence-corrected chi connectivity index (χ1v) is 11.0. The number of benzene rings is 1. The van der Waals surface area contributed by atoms with Crippen LogP contribution in [-0.2, 0) is 24.3 Å². The lowest BCUT2D eigenvalue weighted by Crippen LogP contribution is -2.40. The van der Waals surface area contributed by atoms with Gasteiger partial charge in [0, 0.05) is 19.1 Å². The fourth-order valence-corrected chi connectivity index (χ4v) is 3.66. The second kappa shape index (κ2) is 11.2. The highest BCUT2D eigenvalue weighted by molar-refractivity contribution is 5.75. The predicted octanol–water partition coefficient (Wildman–Crippen LogP) is 1.58. The predicted molar refractivity (Wildman–Crippen MR) is 117 cm³/mol. The Hall–Kier alpha value is -2.32. The number of nitrogens with one attached hydrogen (secondary N) is 1. The summed E-state index contributed by atoms with van der Waals surface area (Å²) in [7, 11) is 2.02. The molecule has 1 aromatic carbocycles. The van der Waals surface area contributed by atoms with Gasteiger partial charge in [0.05, 0.1) is 6.54 Å². The number of hydrogen-bond donors (Lipinski definition) is 1. The summed E-state index contributed by atoms with van der Waals surface area (Å²) in [6.07, 6.45) is 3.36. The number of rotatable bonds is 10. The fraction of sp³-hybridized carbons (Fsp3) is 0.636. The first-order valence-electron chi connectivity index (χ1n) is 11.0. The molecule has 0 aliphatic carbocycles. The molecule has 2 aromatic rings. The lowest BCUT2D eigenvalue weighted by atomic mass is 9.96. The molecule has 1 amide bonds. The molecule has 1 saturated heterocycles. The Morgan fingerprint density at radius 3 is 2.67 bits per heavy atom. The number of likely N-dealkylation sites (tertiary alicyclic amines) is 1. The van der Waals surface area contributed by atoms with E-state index in [9.17, 15) is 4.79 Å². The molecule has 0 bridgehead atoms. The number of carbonyl (C=O) groups excluding carboxylic acids is 1. The smallest absolute Gasteiger partial charge is 0.241 e. The third kappa shape index (κ3) is 6.88. The summed E-state index contributed by atoms with van der Waals surface area (Å²) in [6, 6.07) is 11.0. The first kappa shape index (κ1) is 22.4. The molecular weight excluding hydrogens is 378 g/mol. The highest BCUT2D eigenvalue weighted by Crippen LogP contribution is 2.17. The third-order valence-corrected chi connectivity index (χ3v) is 6.03. The van der Waals surface area contributed by atoms with E-state index in [2.05, 4.69) is 74.8 Å². The molecule has 1 aliphatic rings. The second-order valence-corrected chi connectivity index (χ2v) is 8.59. The Morgan fingerprint density at radius 1 is 1.23 bits per heavy atom. The lowest BCUT2D eigenvalue weighted by molar-refractivity contribution is -0.122. The van der Waals surface area contributed by atoms with Crippen LogP contribution in [0.1, 0.15) is 38.1 Å². The van der Waals surface area contributed by atoms with Crippen molar-refractivity contribution in [3.63, 3.8) is 0 Å². The SMILES string of the molecule is CC(C)N(C)Cc1nnnn1CC(=O)NCC1CCN(CCc2ccccc2)CC1. The number of hydrogen-bond acceptors (Lipinski definition) is 6. The summed E-state index contributed by atoms with van der Waals surface area (Å²) >= 11 is 0. The average Bonchev–Trinajstić information content (AvgIpc) is 3.18. The van der Waals surface area contributed by atoms with E-state index in [-0.39, 0.29) is 12.5 Å². The molecule has 0 unspecified atom stereocenters. The minimum absolute atomic E-state index is 0.0257. The standard InChI is InChI=1S/C22H35N7O/c1-18(2)27(3)16-21-24-25-26-29(21)17-22(30)23-15-20-10-13-28(14-11-20)12-9-19-7-5-4-6-8-19/h4-8,18,20H,9-17H2,1-3H3,(H,23,30). The normalized spacial score (nSPS) is 15.8. The summed E-state index contributed by atoms with van der Waals surface area (Å²) in [5.74, 6) is 1.23. The Kier molecular flexibility index (Phi) is 8.33. The van der Waals surface area contributed by atoms with Crippen molar-refractivity contribution in [3.8, 4) is 0 Å². The summed E-state index contributed by atoms with van der Waals surface area (Å²) in [5.41, 5.74) is 1.40. The Labute approximate surface area is 179 Å². The summed E-state index contributed by atoms with van der Waals surface area (Å²) in [6.45, 7) is 9.08. The van der Waals surface area contributed by atoms with Gasteiger partial charge in [-0.1, -0.05) is 30.3 Å². The van der Waals surface area contributed by atoms with E-state index in [4.69, 9.17) is 0 Å². The topological polar surface area (TPSA) is 79.2 Å². The molecule has 1 aromatic heterocycles. The lowest BCUT2D eigenvalue weighted by Gasteiger charge is -2.32. The van der Waals surface area contributed by atoms with Crippen LogP contribution in [0.25, 0.3) is 0 Å². The van der Waals surface area contributed by atoms with Crippen LogP contribution in [0, 0.1) is 5.92 Å².